The van der Waals surface area contributed by atoms with Gasteiger partial charge in [0.25, 0.3) is 0 Å². The molecule has 106 valence electrons. The number of aliphatic hydroxyl groups is 1. The Morgan fingerprint density at radius 1 is 1.42 bits per heavy atom. The summed E-state index contributed by atoms with van der Waals surface area (Å²) in [6, 6.07) is 6.49. The van der Waals surface area contributed by atoms with E-state index in [0.717, 1.165) is 5.69 Å². The minimum atomic E-state index is -3.17. The smallest absolute Gasteiger partial charge is 0.175 e. The molecule has 2 rings (SSSR count). The molecule has 1 aliphatic rings. The molecule has 0 aliphatic carbocycles. The number of nitrogens with one attached hydrogen (secondary N) is 1. The number of anilines is 1. The Kier molecular flexibility index (Phi) is 3.85. The molecule has 2 unspecified atom stereocenters. The summed E-state index contributed by atoms with van der Waals surface area (Å²) in [5.74, 6) is 0. The van der Waals surface area contributed by atoms with E-state index in [1.807, 2.05) is 6.92 Å². The molecule has 2 atom stereocenters. The number of benzene rings is 1. The van der Waals surface area contributed by atoms with Gasteiger partial charge in [-0.05, 0) is 31.2 Å². The van der Waals surface area contributed by atoms with Crippen molar-refractivity contribution in [1.29, 1.82) is 0 Å². The molecule has 19 heavy (non-hydrogen) atoms. The maximum atomic E-state index is 11.3. The number of sulfone groups is 1. The van der Waals surface area contributed by atoms with Crippen molar-refractivity contribution < 1.29 is 18.3 Å². The lowest BCUT2D eigenvalue weighted by atomic mass is 9.96. The van der Waals surface area contributed by atoms with Crippen LogP contribution >= 0.6 is 0 Å². The highest BCUT2D eigenvalue weighted by Gasteiger charge is 2.39. The molecule has 0 radical (unpaired) electrons. The number of hydrogen-bond acceptors (Lipinski definition) is 5. The van der Waals surface area contributed by atoms with E-state index in [1.165, 1.54) is 6.26 Å². The topological polar surface area (TPSA) is 75.6 Å². The van der Waals surface area contributed by atoms with Crippen LogP contribution in [0.1, 0.15) is 13.3 Å². The minimum absolute atomic E-state index is 0.199. The summed E-state index contributed by atoms with van der Waals surface area (Å²) in [4.78, 5) is 0.286. The molecule has 1 aromatic rings. The molecule has 0 saturated carbocycles. The second kappa shape index (κ2) is 5.11. The molecule has 1 saturated heterocycles. The SMILES string of the molecule is CC1OCCC1(O)CNc1ccc(S(C)(=O)=O)cc1. The Morgan fingerprint density at radius 3 is 2.53 bits per heavy atom. The first kappa shape index (κ1) is 14.3. The molecule has 1 fully saturated rings. The zero-order chi connectivity index (χ0) is 14.1. The van der Waals surface area contributed by atoms with Crippen LogP contribution in [0.2, 0.25) is 0 Å². The predicted molar refractivity (Wildman–Crippen MR) is 73.0 cm³/mol. The summed E-state index contributed by atoms with van der Waals surface area (Å²) in [6.45, 7) is 2.79. The van der Waals surface area contributed by atoms with Gasteiger partial charge in [-0.1, -0.05) is 0 Å². The monoisotopic (exact) mass is 285 g/mol. The summed E-state index contributed by atoms with van der Waals surface area (Å²) >= 11 is 0. The Morgan fingerprint density at radius 2 is 2.05 bits per heavy atom. The first-order valence-corrected chi connectivity index (χ1v) is 8.08. The van der Waals surface area contributed by atoms with Crippen LogP contribution in [0.5, 0.6) is 0 Å². The van der Waals surface area contributed by atoms with Gasteiger partial charge < -0.3 is 15.2 Å². The van der Waals surface area contributed by atoms with Gasteiger partial charge in [0, 0.05) is 31.5 Å². The highest BCUT2D eigenvalue weighted by atomic mass is 32.2. The Balaban J connectivity index is 2.01. The largest absolute Gasteiger partial charge is 0.385 e. The first-order chi connectivity index (χ1) is 8.81. The molecule has 6 heteroatoms. The Bertz CT molecular complexity index is 540. The van der Waals surface area contributed by atoms with E-state index in [2.05, 4.69) is 5.32 Å². The summed E-state index contributed by atoms with van der Waals surface area (Å²) in [6.07, 6.45) is 1.58. The maximum absolute atomic E-state index is 11.3. The number of ether oxygens (including phenoxy) is 1. The zero-order valence-electron chi connectivity index (χ0n) is 11.1. The van der Waals surface area contributed by atoms with Crippen LogP contribution in [-0.2, 0) is 14.6 Å². The van der Waals surface area contributed by atoms with Crippen molar-refractivity contribution in [1.82, 2.24) is 0 Å². The fraction of sp³-hybridized carbons (Fsp3) is 0.538. The van der Waals surface area contributed by atoms with E-state index >= 15 is 0 Å². The third kappa shape index (κ3) is 3.26. The average molecular weight is 285 g/mol. The van der Waals surface area contributed by atoms with Crippen LogP contribution in [0.15, 0.2) is 29.2 Å². The third-order valence-electron chi connectivity index (χ3n) is 3.54. The molecule has 0 aromatic heterocycles. The molecule has 5 nitrogen and oxygen atoms in total. The summed E-state index contributed by atoms with van der Waals surface area (Å²) in [5.41, 5.74) is -0.0879. The molecule has 0 amide bonds. The van der Waals surface area contributed by atoms with Crippen molar-refractivity contribution in [2.75, 3.05) is 24.7 Å². The highest BCUT2D eigenvalue weighted by molar-refractivity contribution is 7.90. The fourth-order valence-corrected chi connectivity index (χ4v) is 2.71. The lowest BCUT2D eigenvalue weighted by Crippen LogP contribution is -2.43. The highest BCUT2D eigenvalue weighted by Crippen LogP contribution is 2.26. The molecule has 0 spiro atoms. The number of hydrogen-bond donors (Lipinski definition) is 2. The van der Waals surface area contributed by atoms with Crippen LogP contribution in [0.4, 0.5) is 5.69 Å². The van der Waals surface area contributed by atoms with Crippen LogP contribution < -0.4 is 5.32 Å². The Hall–Kier alpha value is -1.11. The molecule has 1 aliphatic heterocycles. The van der Waals surface area contributed by atoms with E-state index in [1.54, 1.807) is 24.3 Å². The quantitative estimate of drug-likeness (QED) is 0.864. The van der Waals surface area contributed by atoms with Crippen molar-refractivity contribution in [2.24, 2.45) is 0 Å². The van der Waals surface area contributed by atoms with E-state index in [4.69, 9.17) is 4.74 Å². The fourth-order valence-electron chi connectivity index (χ4n) is 2.08. The van der Waals surface area contributed by atoms with E-state index < -0.39 is 15.4 Å². The summed E-state index contributed by atoms with van der Waals surface area (Å²) in [5, 5.41) is 13.4. The normalized spacial score (nSPS) is 27.4. The lowest BCUT2D eigenvalue weighted by molar-refractivity contribution is -0.0175. The van der Waals surface area contributed by atoms with E-state index in [9.17, 15) is 13.5 Å². The van der Waals surface area contributed by atoms with Crippen molar-refractivity contribution in [2.45, 2.75) is 29.9 Å². The minimum Gasteiger partial charge on any atom is -0.385 e. The van der Waals surface area contributed by atoms with Crippen LogP contribution in [-0.4, -0.2) is 44.6 Å². The third-order valence-corrected chi connectivity index (χ3v) is 4.67. The van der Waals surface area contributed by atoms with E-state index in [0.29, 0.717) is 19.6 Å². The van der Waals surface area contributed by atoms with Gasteiger partial charge in [0.15, 0.2) is 9.84 Å². The van der Waals surface area contributed by atoms with Crippen LogP contribution in [0.3, 0.4) is 0 Å². The van der Waals surface area contributed by atoms with Crippen LogP contribution in [0.25, 0.3) is 0 Å². The molecular formula is C13H19NO4S. The van der Waals surface area contributed by atoms with Crippen molar-refractivity contribution >= 4 is 15.5 Å². The molecule has 1 heterocycles. The average Bonchev–Trinajstić information content (AvgIpc) is 2.67. The summed E-state index contributed by atoms with van der Waals surface area (Å²) < 4.78 is 28.0. The van der Waals surface area contributed by atoms with Gasteiger partial charge in [-0.3, -0.25) is 0 Å². The molecular weight excluding hydrogens is 266 g/mol. The number of rotatable bonds is 4. The van der Waals surface area contributed by atoms with Gasteiger partial charge in [-0.15, -0.1) is 0 Å². The van der Waals surface area contributed by atoms with Gasteiger partial charge in [0.05, 0.1) is 11.0 Å². The van der Waals surface area contributed by atoms with Crippen LogP contribution in [0, 0.1) is 0 Å². The molecule has 0 bridgehead atoms. The standard InChI is InChI=1S/C13H19NO4S/c1-10-13(15,7-8-18-10)9-14-11-3-5-12(6-4-11)19(2,16)17/h3-6,10,14-15H,7-9H2,1-2H3. The lowest BCUT2D eigenvalue weighted by Gasteiger charge is -2.26. The predicted octanol–water partition coefficient (Wildman–Crippen LogP) is 1.04. The van der Waals surface area contributed by atoms with Crippen molar-refractivity contribution in [3.63, 3.8) is 0 Å². The molecule has 1 aromatic carbocycles. The van der Waals surface area contributed by atoms with Gasteiger partial charge >= 0.3 is 0 Å². The van der Waals surface area contributed by atoms with E-state index in [-0.39, 0.29) is 11.0 Å². The second-order valence-corrected chi connectivity index (χ2v) is 7.03. The summed E-state index contributed by atoms with van der Waals surface area (Å²) in [7, 11) is -3.17. The molecule has 2 N–H and O–H groups in total. The maximum Gasteiger partial charge on any atom is 0.175 e. The van der Waals surface area contributed by atoms with Crippen molar-refractivity contribution in [3.05, 3.63) is 24.3 Å². The van der Waals surface area contributed by atoms with Gasteiger partial charge in [0.2, 0.25) is 0 Å². The zero-order valence-corrected chi connectivity index (χ0v) is 11.9. The van der Waals surface area contributed by atoms with Crippen molar-refractivity contribution in [3.8, 4) is 0 Å². The van der Waals surface area contributed by atoms with Gasteiger partial charge in [-0.2, -0.15) is 0 Å². The first-order valence-electron chi connectivity index (χ1n) is 6.19. The Labute approximate surface area is 113 Å². The second-order valence-electron chi connectivity index (χ2n) is 5.02. The van der Waals surface area contributed by atoms with Gasteiger partial charge in [0.1, 0.15) is 5.60 Å². The van der Waals surface area contributed by atoms with Gasteiger partial charge in [-0.25, -0.2) is 8.42 Å².